The van der Waals surface area contributed by atoms with Crippen LogP contribution < -0.4 is 0 Å². The predicted octanol–water partition coefficient (Wildman–Crippen LogP) is 1.72. The zero-order valence-electron chi connectivity index (χ0n) is 13.1. The Kier molecular flexibility index (Phi) is 3.69. The maximum atomic E-state index is 12.7. The average Bonchev–Trinajstić information content (AvgIpc) is 3.41. The fraction of sp³-hybridized carbons (Fsp3) is 0.588. The number of rotatable bonds is 3. The Morgan fingerprint density at radius 2 is 1.70 bits per heavy atom. The van der Waals surface area contributed by atoms with Crippen LogP contribution >= 0.6 is 0 Å². The van der Waals surface area contributed by atoms with Crippen LogP contribution in [-0.4, -0.2) is 54.5 Å². The molecule has 124 valence electrons. The van der Waals surface area contributed by atoms with Gasteiger partial charge in [0, 0.05) is 31.2 Å². The molecule has 0 unspecified atom stereocenters. The Hall–Kier alpha value is -1.40. The predicted molar refractivity (Wildman–Crippen MR) is 87.5 cm³/mol. The lowest BCUT2D eigenvalue weighted by Crippen LogP contribution is -2.48. The first kappa shape index (κ1) is 15.1. The Morgan fingerprint density at radius 3 is 2.39 bits per heavy atom. The van der Waals surface area contributed by atoms with Gasteiger partial charge in [-0.05, 0) is 43.7 Å². The highest BCUT2D eigenvalue weighted by molar-refractivity contribution is 7.90. The van der Waals surface area contributed by atoms with Crippen molar-refractivity contribution in [2.75, 3.05) is 19.6 Å². The molecular weight excluding hydrogens is 312 g/mol. The van der Waals surface area contributed by atoms with E-state index < -0.39 is 10.0 Å². The number of fused-ring (bicyclic) bond motifs is 4. The molecule has 5 nitrogen and oxygen atoms in total. The van der Waals surface area contributed by atoms with Gasteiger partial charge < -0.3 is 4.90 Å². The molecule has 6 heteroatoms. The summed E-state index contributed by atoms with van der Waals surface area (Å²) in [5.74, 6) is 0.281. The minimum absolute atomic E-state index is 0.0215. The molecule has 3 aliphatic heterocycles. The fourth-order valence-electron chi connectivity index (χ4n) is 3.84. The van der Waals surface area contributed by atoms with Crippen molar-refractivity contribution in [2.24, 2.45) is 5.92 Å². The van der Waals surface area contributed by atoms with Gasteiger partial charge in [0.15, 0.2) is 0 Å². The van der Waals surface area contributed by atoms with Gasteiger partial charge in [0.2, 0.25) is 10.0 Å². The van der Waals surface area contributed by atoms with Crippen LogP contribution in [0, 0.1) is 5.92 Å². The van der Waals surface area contributed by atoms with Crippen LogP contribution in [0.25, 0.3) is 0 Å². The molecule has 1 saturated carbocycles. The van der Waals surface area contributed by atoms with Crippen LogP contribution in [0.5, 0.6) is 0 Å². The summed E-state index contributed by atoms with van der Waals surface area (Å²) in [7, 11) is -3.16. The maximum absolute atomic E-state index is 12.7. The van der Waals surface area contributed by atoms with Crippen molar-refractivity contribution in [3.63, 3.8) is 0 Å². The van der Waals surface area contributed by atoms with E-state index in [4.69, 9.17) is 0 Å². The number of hydrogen-bond acceptors (Lipinski definition) is 3. The summed E-state index contributed by atoms with van der Waals surface area (Å²) in [6.07, 6.45) is 3.47. The normalized spacial score (nSPS) is 28.6. The average molecular weight is 334 g/mol. The number of amides is 1. The van der Waals surface area contributed by atoms with Crippen molar-refractivity contribution < 1.29 is 13.2 Å². The van der Waals surface area contributed by atoms with Gasteiger partial charge in [-0.1, -0.05) is 18.2 Å². The zero-order valence-corrected chi connectivity index (χ0v) is 13.9. The molecule has 5 rings (SSSR count). The van der Waals surface area contributed by atoms with Crippen LogP contribution in [-0.2, 0) is 10.0 Å². The van der Waals surface area contributed by atoms with E-state index in [-0.39, 0.29) is 23.1 Å². The molecule has 1 aromatic rings. The van der Waals surface area contributed by atoms with Gasteiger partial charge in [-0.15, -0.1) is 0 Å². The molecule has 2 bridgehead atoms. The minimum atomic E-state index is -3.16. The summed E-state index contributed by atoms with van der Waals surface area (Å²) in [5.41, 5.74) is 0.686. The monoisotopic (exact) mass is 334 g/mol. The van der Waals surface area contributed by atoms with Crippen molar-refractivity contribution in [3.8, 4) is 0 Å². The molecule has 23 heavy (non-hydrogen) atoms. The van der Waals surface area contributed by atoms with Crippen LogP contribution in [0.3, 0.4) is 0 Å². The zero-order chi connectivity index (χ0) is 16.0. The summed E-state index contributed by atoms with van der Waals surface area (Å²) in [6, 6.07) is 9.23. The van der Waals surface area contributed by atoms with E-state index in [2.05, 4.69) is 0 Å². The molecule has 0 aromatic heterocycles. The molecular formula is C17H22N2O3S. The lowest BCUT2D eigenvalue weighted by molar-refractivity contribution is 0.0746. The van der Waals surface area contributed by atoms with Crippen molar-refractivity contribution in [1.29, 1.82) is 0 Å². The van der Waals surface area contributed by atoms with E-state index >= 15 is 0 Å². The van der Waals surface area contributed by atoms with E-state index in [9.17, 15) is 13.2 Å². The molecule has 1 aliphatic carbocycles. The Morgan fingerprint density at radius 1 is 0.957 bits per heavy atom. The molecule has 4 aliphatic rings. The van der Waals surface area contributed by atoms with Gasteiger partial charge in [-0.25, -0.2) is 8.42 Å². The topological polar surface area (TPSA) is 57.7 Å². The smallest absolute Gasteiger partial charge is 0.253 e. The van der Waals surface area contributed by atoms with Gasteiger partial charge in [0.05, 0.1) is 5.25 Å². The Bertz CT molecular complexity index is 700. The first-order chi connectivity index (χ1) is 11.1. The largest absolute Gasteiger partial charge is 0.337 e. The lowest BCUT2D eigenvalue weighted by Gasteiger charge is -2.35. The first-order valence-electron chi connectivity index (χ1n) is 8.40. The highest BCUT2D eigenvalue weighted by Gasteiger charge is 2.47. The molecule has 1 aromatic carbocycles. The Balaban J connectivity index is 1.57. The number of hydrogen-bond donors (Lipinski definition) is 0. The number of nitrogens with zero attached hydrogens (tertiary/aromatic N) is 2. The number of benzene rings is 1. The third-order valence-electron chi connectivity index (χ3n) is 5.24. The molecule has 3 saturated heterocycles. The first-order valence-corrected chi connectivity index (χ1v) is 9.91. The summed E-state index contributed by atoms with van der Waals surface area (Å²) in [5, 5.41) is -0.167. The van der Waals surface area contributed by atoms with Crippen molar-refractivity contribution in [1.82, 2.24) is 9.21 Å². The van der Waals surface area contributed by atoms with Crippen LogP contribution in [0.4, 0.5) is 0 Å². The second-order valence-corrected chi connectivity index (χ2v) is 9.15. The fourth-order valence-corrected chi connectivity index (χ4v) is 5.96. The molecule has 1 amide bonds. The second kappa shape index (κ2) is 5.60. The van der Waals surface area contributed by atoms with Gasteiger partial charge in [0.1, 0.15) is 0 Å². The van der Waals surface area contributed by atoms with Gasteiger partial charge in [0.25, 0.3) is 5.91 Å². The van der Waals surface area contributed by atoms with E-state index in [1.54, 1.807) is 4.31 Å². The summed E-state index contributed by atoms with van der Waals surface area (Å²) in [4.78, 5) is 14.6. The third kappa shape index (κ3) is 2.78. The second-order valence-electron chi connectivity index (χ2n) is 6.99. The third-order valence-corrected chi connectivity index (χ3v) is 7.66. The van der Waals surface area contributed by atoms with Crippen LogP contribution in [0.15, 0.2) is 30.3 Å². The summed E-state index contributed by atoms with van der Waals surface area (Å²) in [6.45, 7) is 1.78. The molecule has 0 radical (unpaired) electrons. The highest BCUT2D eigenvalue weighted by atomic mass is 32.2. The van der Waals surface area contributed by atoms with E-state index in [0.717, 1.165) is 25.7 Å². The van der Waals surface area contributed by atoms with Gasteiger partial charge in [-0.2, -0.15) is 4.31 Å². The quantitative estimate of drug-likeness (QED) is 0.846. The number of piperidine rings is 1. The molecule has 2 atom stereocenters. The lowest BCUT2D eigenvalue weighted by atomic mass is 9.97. The summed E-state index contributed by atoms with van der Waals surface area (Å²) < 4.78 is 27.0. The number of carbonyl (C=O) groups is 1. The molecule has 3 heterocycles. The molecule has 0 N–H and O–H groups in total. The van der Waals surface area contributed by atoms with Crippen LogP contribution in [0.1, 0.15) is 36.0 Å². The van der Waals surface area contributed by atoms with E-state index in [1.165, 1.54) is 0 Å². The SMILES string of the molecule is O=C(c1ccccc1)N1C[C@@H]2CC[C@H](C1)N(S(=O)(=O)C1CC1)C2. The van der Waals surface area contributed by atoms with Crippen LogP contribution in [0.2, 0.25) is 0 Å². The van der Waals surface area contributed by atoms with Gasteiger partial charge in [-0.3, -0.25) is 4.79 Å². The standard InChI is InChI=1S/C17H22N2O3S/c20-17(14-4-2-1-3-5-14)18-10-13-6-7-15(12-18)19(11-13)23(21,22)16-8-9-16/h1-5,13,15-16H,6-12H2/t13-,15+/m0/s1. The molecule has 4 fully saturated rings. The number of carbonyl (C=O) groups excluding carboxylic acids is 1. The molecule has 0 spiro atoms. The van der Waals surface area contributed by atoms with Gasteiger partial charge >= 0.3 is 0 Å². The Labute approximate surface area is 137 Å². The maximum Gasteiger partial charge on any atom is 0.253 e. The summed E-state index contributed by atoms with van der Waals surface area (Å²) >= 11 is 0. The highest BCUT2D eigenvalue weighted by Crippen LogP contribution is 2.37. The number of sulfonamides is 1. The van der Waals surface area contributed by atoms with E-state index in [0.29, 0.717) is 25.2 Å². The minimum Gasteiger partial charge on any atom is -0.337 e. The van der Waals surface area contributed by atoms with E-state index in [1.807, 2.05) is 35.2 Å². The van der Waals surface area contributed by atoms with Crippen molar-refractivity contribution >= 4 is 15.9 Å². The van der Waals surface area contributed by atoms with Crippen molar-refractivity contribution in [2.45, 2.75) is 37.0 Å². The van der Waals surface area contributed by atoms with Crippen molar-refractivity contribution in [3.05, 3.63) is 35.9 Å².